The third-order valence-corrected chi connectivity index (χ3v) is 5.74. The van der Waals surface area contributed by atoms with Gasteiger partial charge in [0.1, 0.15) is 6.33 Å². The zero-order valence-corrected chi connectivity index (χ0v) is 13.7. The van der Waals surface area contributed by atoms with Crippen LogP contribution in [0.3, 0.4) is 0 Å². The van der Waals surface area contributed by atoms with E-state index in [2.05, 4.69) is 19.0 Å². The fourth-order valence-corrected chi connectivity index (χ4v) is 4.20. The van der Waals surface area contributed by atoms with Gasteiger partial charge in [-0.15, -0.1) is 0 Å². The molecule has 22 heavy (non-hydrogen) atoms. The summed E-state index contributed by atoms with van der Waals surface area (Å²) in [4.78, 5) is 6.48. The van der Waals surface area contributed by atoms with Crippen molar-refractivity contribution in [2.45, 2.75) is 30.7 Å². The first kappa shape index (κ1) is 15.4. The minimum Gasteiger partial charge on any atom is -0.299 e. The van der Waals surface area contributed by atoms with Crippen molar-refractivity contribution in [2.24, 2.45) is 0 Å². The van der Waals surface area contributed by atoms with E-state index in [1.165, 1.54) is 25.6 Å². The predicted octanol–water partition coefficient (Wildman–Crippen LogP) is 2.32. The molecule has 0 radical (unpaired) electrons. The Bertz CT molecular complexity index is 693. The molecule has 2 aromatic rings. The summed E-state index contributed by atoms with van der Waals surface area (Å²) >= 11 is 1.01. The van der Waals surface area contributed by atoms with Gasteiger partial charge in [0.05, 0.1) is 4.90 Å². The van der Waals surface area contributed by atoms with E-state index in [1.807, 2.05) is 12.1 Å². The number of nitrogens with one attached hydrogen (secondary N) is 1. The molecule has 0 saturated carbocycles. The summed E-state index contributed by atoms with van der Waals surface area (Å²) in [5.74, 6) is 0. The van der Waals surface area contributed by atoms with Gasteiger partial charge in [-0.2, -0.15) is 4.37 Å². The van der Waals surface area contributed by atoms with Gasteiger partial charge >= 0.3 is 0 Å². The average Bonchev–Trinajstić information content (AvgIpc) is 3.01. The molecule has 1 aromatic carbocycles. The van der Waals surface area contributed by atoms with Crippen LogP contribution < -0.4 is 4.72 Å². The van der Waals surface area contributed by atoms with Crippen LogP contribution in [0.1, 0.15) is 24.8 Å². The van der Waals surface area contributed by atoms with E-state index in [-0.39, 0.29) is 10.0 Å². The second kappa shape index (κ2) is 6.72. The van der Waals surface area contributed by atoms with E-state index in [4.69, 9.17) is 0 Å². The minimum absolute atomic E-state index is 0.241. The molecule has 118 valence electrons. The van der Waals surface area contributed by atoms with Crippen molar-refractivity contribution in [1.29, 1.82) is 0 Å². The molecule has 1 aromatic heterocycles. The van der Waals surface area contributed by atoms with E-state index < -0.39 is 10.0 Å². The van der Waals surface area contributed by atoms with E-state index in [0.717, 1.165) is 36.7 Å². The number of likely N-dealkylation sites (tertiary alicyclic amines) is 1. The van der Waals surface area contributed by atoms with Crippen LogP contribution in [0, 0.1) is 0 Å². The van der Waals surface area contributed by atoms with Gasteiger partial charge < -0.3 is 0 Å². The minimum atomic E-state index is -3.59. The Morgan fingerprint density at radius 3 is 2.50 bits per heavy atom. The standard InChI is InChI=1S/C14H18N4O2S2/c19-22(20,17-14-15-11-16-21-14)13-6-4-12(5-7-13)10-18-8-2-1-3-9-18/h4-7,11H,1-3,8-10H2,(H,15,16,17). The maximum absolute atomic E-state index is 12.2. The first-order chi connectivity index (χ1) is 10.6. The molecule has 1 fully saturated rings. The number of hydrogen-bond acceptors (Lipinski definition) is 6. The highest BCUT2D eigenvalue weighted by Gasteiger charge is 2.16. The van der Waals surface area contributed by atoms with Crippen molar-refractivity contribution in [3.05, 3.63) is 36.2 Å². The lowest BCUT2D eigenvalue weighted by atomic mass is 10.1. The maximum atomic E-state index is 12.2. The smallest absolute Gasteiger partial charge is 0.263 e. The molecule has 2 heterocycles. The van der Waals surface area contributed by atoms with Gasteiger partial charge in [-0.05, 0) is 43.6 Å². The highest BCUT2D eigenvalue weighted by Crippen LogP contribution is 2.18. The number of hydrogen-bond donors (Lipinski definition) is 1. The number of rotatable bonds is 5. The lowest BCUT2D eigenvalue weighted by molar-refractivity contribution is 0.221. The Morgan fingerprint density at radius 1 is 1.14 bits per heavy atom. The maximum Gasteiger partial charge on any atom is 0.263 e. The largest absolute Gasteiger partial charge is 0.299 e. The third kappa shape index (κ3) is 3.82. The van der Waals surface area contributed by atoms with E-state index >= 15 is 0 Å². The number of aromatic nitrogens is 2. The van der Waals surface area contributed by atoms with Gasteiger partial charge in [0, 0.05) is 18.1 Å². The summed E-state index contributed by atoms with van der Waals surface area (Å²) in [6.07, 6.45) is 5.13. The molecule has 1 aliphatic heterocycles. The summed E-state index contributed by atoms with van der Waals surface area (Å²) in [6.45, 7) is 3.13. The Kier molecular flexibility index (Phi) is 4.70. The molecule has 0 spiro atoms. The highest BCUT2D eigenvalue weighted by atomic mass is 32.2. The second-order valence-electron chi connectivity index (χ2n) is 5.33. The highest BCUT2D eigenvalue weighted by molar-refractivity contribution is 7.93. The van der Waals surface area contributed by atoms with Crippen LogP contribution >= 0.6 is 11.5 Å². The van der Waals surface area contributed by atoms with Gasteiger partial charge in [-0.3, -0.25) is 9.62 Å². The van der Waals surface area contributed by atoms with Crippen LogP contribution in [0.15, 0.2) is 35.5 Å². The van der Waals surface area contributed by atoms with Crippen LogP contribution in [0.25, 0.3) is 0 Å². The van der Waals surface area contributed by atoms with Crippen LogP contribution in [-0.2, 0) is 16.6 Å². The molecule has 1 aliphatic rings. The zero-order chi connectivity index (χ0) is 15.4. The molecule has 0 amide bonds. The molecular weight excluding hydrogens is 320 g/mol. The fourth-order valence-electron chi connectivity index (χ4n) is 2.54. The molecule has 3 rings (SSSR count). The SMILES string of the molecule is O=S(=O)(Nc1ncns1)c1ccc(CN2CCCCC2)cc1. The molecule has 0 unspecified atom stereocenters. The van der Waals surface area contributed by atoms with Crippen molar-refractivity contribution in [2.75, 3.05) is 17.8 Å². The molecule has 8 heteroatoms. The van der Waals surface area contributed by atoms with Crippen LogP contribution in [-0.4, -0.2) is 35.8 Å². The Hall–Kier alpha value is -1.51. The van der Waals surface area contributed by atoms with Crippen LogP contribution in [0.2, 0.25) is 0 Å². The monoisotopic (exact) mass is 338 g/mol. The summed E-state index contributed by atoms with van der Waals surface area (Å²) in [5.41, 5.74) is 1.14. The van der Waals surface area contributed by atoms with Gasteiger partial charge in [-0.1, -0.05) is 18.6 Å². The predicted molar refractivity (Wildman–Crippen MR) is 86.3 cm³/mol. The summed E-state index contributed by atoms with van der Waals surface area (Å²) in [5, 5.41) is 0.275. The summed E-state index contributed by atoms with van der Waals surface area (Å²) in [6, 6.07) is 7.04. The van der Waals surface area contributed by atoms with Crippen molar-refractivity contribution in [3.63, 3.8) is 0 Å². The van der Waals surface area contributed by atoms with Gasteiger partial charge in [0.2, 0.25) is 5.13 Å². The van der Waals surface area contributed by atoms with E-state index in [9.17, 15) is 8.42 Å². The number of anilines is 1. The van der Waals surface area contributed by atoms with Crippen molar-refractivity contribution in [3.8, 4) is 0 Å². The number of nitrogens with zero attached hydrogens (tertiary/aromatic N) is 3. The molecule has 0 aliphatic carbocycles. The fraction of sp³-hybridized carbons (Fsp3) is 0.429. The molecule has 1 N–H and O–H groups in total. The summed E-state index contributed by atoms with van der Waals surface area (Å²) in [7, 11) is -3.59. The quantitative estimate of drug-likeness (QED) is 0.905. The van der Waals surface area contributed by atoms with Crippen molar-refractivity contribution < 1.29 is 8.42 Å². The van der Waals surface area contributed by atoms with E-state index in [0.29, 0.717) is 0 Å². The second-order valence-corrected chi connectivity index (χ2v) is 7.80. The third-order valence-electron chi connectivity index (χ3n) is 3.67. The zero-order valence-electron chi connectivity index (χ0n) is 12.1. The number of sulfonamides is 1. The topological polar surface area (TPSA) is 75.2 Å². The number of piperidine rings is 1. The lowest BCUT2D eigenvalue weighted by Crippen LogP contribution is -2.29. The van der Waals surface area contributed by atoms with Gasteiger partial charge in [0.15, 0.2) is 0 Å². The first-order valence-electron chi connectivity index (χ1n) is 7.24. The average molecular weight is 338 g/mol. The Balaban J connectivity index is 1.67. The molecular formula is C14H18N4O2S2. The number of benzene rings is 1. The molecule has 0 atom stereocenters. The molecule has 1 saturated heterocycles. The van der Waals surface area contributed by atoms with Gasteiger partial charge in [0.25, 0.3) is 10.0 Å². The van der Waals surface area contributed by atoms with Crippen LogP contribution in [0.5, 0.6) is 0 Å². The van der Waals surface area contributed by atoms with Crippen molar-refractivity contribution >= 4 is 26.7 Å². The van der Waals surface area contributed by atoms with Crippen molar-refractivity contribution in [1.82, 2.24) is 14.3 Å². The summed E-state index contributed by atoms with van der Waals surface area (Å²) < 4.78 is 30.6. The molecule has 6 nitrogen and oxygen atoms in total. The van der Waals surface area contributed by atoms with Gasteiger partial charge in [-0.25, -0.2) is 13.4 Å². The van der Waals surface area contributed by atoms with Crippen LogP contribution in [0.4, 0.5) is 5.13 Å². The Labute approximate surface area is 134 Å². The lowest BCUT2D eigenvalue weighted by Gasteiger charge is -2.26. The molecule has 0 bridgehead atoms. The Morgan fingerprint density at radius 2 is 1.86 bits per heavy atom. The van der Waals surface area contributed by atoms with E-state index in [1.54, 1.807) is 12.1 Å². The first-order valence-corrected chi connectivity index (χ1v) is 9.50. The normalized spacial score (nSPS) is 16.5.